The Labute approximate surface area is 159 Å². The number of hydrogen-bond acceptors (Lipinski definition) is 4. The summed E-state index contributed by atoms with van der Waals surface area (Å²) in [7, 11) is -3.46. The summed E-state index contributed by atoms with van der Waals surface area (Å²) < 4.78 is 32.4. The zero-order valence-corrected chi connectivity index (χ0v) is 16.1. The number of sulfonamides is 1. The lowest BCUT2D eigenvalue weighted by Crippen LogP contribution is -2.46. The summed E-state index contributed by atoms with van der Waals surface area (Å²) in [6.45, 7) is 2.78. The fourth-order valence-electron chi connectivity index (χ4n) is 3.71. The molecule has 1 aromatic carbocycles. The van der Waals surface area contributed by atoms with Crippen molar-refractivity contribution in [3.05, 3.63) is 54.0 Å². The number of amides is 1. The number of carbonyl (C=O) groups is 1. The molecule has 1 aromatic heterocycles. The summed E-state index contributed by atoms with van der Waals surface area (Å²) in [6.07, 6.45) is 3.72. The Morgan fingerprint density at radius 3 is 2.48 bits per heavy atom. The Morgan fingerprint density at radius 2 is 1.85 bits per heavy atom. The number of carbonyl (C=O) groups excluding carboxylic acids is 1. The fraction of sp³-hybridized carbons (Fsp3) is 0.450. The van der Waals surface area contributed by atoms with Crippen molar-refractivity contribution in [1.29, 1.82) is 0 Å². The molecule has 144 valence electrons. The van der Waals surface area contributed by atoms with Gasteiger partial charge in [-0.2, -0.15) is 4.31 Å². The second kappa shape index (κ2) is 7.13. The summed E-state index contributed by atoms with van der Waals surface area (Å²) >= 11 is 0. The van der Waals surface area contributed by atoms with Gasteiger partial charge >= 0.3 is 0 Å². The van der Waals surface area contributed by atoms with Crippen molar-refractivity contribution >= 4 is 15.9 Å². The van der Waals surface area contributed by atoms with Gasteiger partial charge in [-0.3, -0.25) is 4.79 Å². The van der Waals surface area contributed by atoms with Gasteiger partial charge in [-0.15, -0.1) is 0 Å². The maximum absolute atomic E-state index is 12.7. The van der Waals surface area contributed by atoms with Crippen LogP contribution in [0.4, 0.5) is 0 Å². The maximum Gasteiger partial charge on any atom is 0.243 e. The van der Waals surface area contributed by atoms with E-state index in [1.54, 1.807) is 18.4 Å². The van der Waals surface area contributed by atoms with Crippen molar-refractivity contribution < 1.29 is 17.6 Å². The molecule has 7 heteroatoms. The normalized spacial score (nSPS) is 23.9. The van der Waals surface area contributed by atoms with Crippen LogP contribution >= 0.6 is 0 Å². The van der Waals surface area contributed by atoms with Gasteiger partial charge in [0.05, 0.1) is 11.2 Å². The number of benzene rings is 1. The van der Waals surface area contributed by atoms with E-state index in [2.05, 4.69) is 5.32 Å². The van der Waals surface area contributed by atoms with Gasteiger partial charge in [0.15, 0.2) is 0 Å². The van der Waals surface area contributed by atoms with E-state index in [0.717, 1.165) is 17.7 Å². The summed E-state index contributed by atoms with van der Waals surface area (Å²) in [5.74, 6) is 1.08. The van der Waals surface area contributed by atoms with E-state index in [-0.39, 0.29) is 23.8 Å². The zero-order chi connectivity index (χ0) is 19.0. The number of hydrogen-bond donors (Lipinski definition) is 1. The van der Waals surface area contributed by atoms with E-state index < -0.39 is 10.0 Å². The lowest BCUT2D eigenvalue weighted by atomic mass is 10.1. The monoisotopic (exact) mass is 388 g/mol. The second-order valence-corrected chi connectivity index (χ2v) is 9.40. The molecule has 1 saturated heterocycles. The first-order chi connectivity index (χ1) is 12.9. The molecule has 6 nitrogen and oxygen atoms in total. The first-order valence-electron chi connectivity index (χ1n) is 9.36. The van der Waals surface area contributed by atoms with Crippen LogP contribution in [0.2, 0.25) is 0 Å². The van der Waals surface area contributed by atoms with E-state index in [4.69, 9.17) is 4.42 Å². The van der Waals surface area contributed by atoms with Crippen LogP contribution in [-0.2, 0) is 14.8 Å². The third-order valence-electron chi connectivity index (χ3n) is 5.49. The van der Waals surface area contributed by atoms with Gasteiger partial charge in [0.2, 0.25) is 15.9 Å². The van der Waals surface area contributed by atoms with Gasteiger partial charge < -0.3 is 9.73 Å². The third kappa shape index (κ3) is 3.80. The highest BCUT2D eigenvalue weighted by molar-refractivity contribution is 7.89. The number of piperidine rings is 1. The van der Waals surface area contributed by atoms with Crippen molar-refractivity contribution in [2.24, 2.45) is 5.92 Å². The largest absolute Gasteiger partial charge is 0.469 e. The van der Waals surface area contributed by atoms with Crippen LogP contribution in [0.25, 0.3) is 0 Å². The highest BCUT2D eigenvalue weighted by Crippen LogP contribution is 2.47. The van der Waals surface area contributed by atoms with Crippen LogP contribution in [0.3, 0.4) is 0 Å². The van der Waals surface area contributed by atoms with Crippen molar-refractivity contribution in [3.8, 4) is 0 Å². The molecule has 0 spiro atoms. The van der Waals surface area contributed by atoms with E-state index >= 15 is 0 Å². The molecular formula is C20H24N2O4S. The molecule has 1 aliphatic carbocycles. The number of rotatable bonds is 5. The molecule has 2 aromatic rings. The fourth-order valence-corrected chi connectivity index (χ4v) is 5.18. The van der Waals surface area contributed by atoms with Crippen LogP contribution in [0.5, 0.6) is 0 Å². The molecule has 1 amide bonds. The standard InChI is InChI=1S/C20H24N2O4S/c1-14-4-6-16(7-5-14)27(24,25)22-10-8-15(9-11-22)21-20(23)18-13-17(18)19-3-2-12-26-19/h2-7,12,15,17-18H,8-11,13H2,1H3,(H,21,23). The predicted molar refractivity (Wildman–Crippen MR) is 101 cm³/mol. The van der Waals surface area contributed by atoms with Crippen molar-refractivity contribution in [1.82, 2.24) is 9.62 Å². The molecule has 0 bridgehead atoms. The first kappa shape index (κ1) is 18.3. The third-order valence-corrected chi connectivity index (χ3v) is 7.41. The molecule has 27 heavy (non-hydrogen) atoms. The van der Waals surface area contributed by atoms with Gasteiger partial charge in [-0.05, 0) is 50.5 Å². The lowest BCUT2D eigenvalue weighted by molar-refractivity contribution is -0.123. The number of furan rings is 1. The molecule has 2 atom stereocenters. The number of nitrogens with zero attached hydrogens (tertiary/aromatic N) is 1. The van der Waals surface area contributed by atoms with Crippen molar-refractivity contribution in [2.75, 3.05) is 13.1 Å². The average Bonchev–Trinajstić information content (AvgIpc) is 3.28. The Hall–Kier alpha value is -2.12. The topological polar surface area (TPSA) is 79.6 Å². The smallest absolute Gasteiger partial charge is 0.243 e. The van der Waals surface area contributed by atoms with Gasteiger partial charge in [0.1, 0.15) is 5.76 Å². The Bertz CT molecular complexity index is 898. The molecule has 4 rings (SSSR count). The van der Waals surface area contributed by atoms with Crippen LogP contribution in [0, 0.1) is 12.8 Å². The molecule has 2 unspecified atom stereocenters. The Kier molecular flexibility index (Phi) is 4.82. The molecule has 1 aliphatic heterocycles. The van der Waals surface area contributed by atoms with Gasteiger partial charge in [-0.25, -0.2) is 8.42 Å². The SMILES string of the molecule is Cc1ccc(S(=O)(=O)N2CCC(NC(=O)C3CC3c3ccco3)CC2)cc1. The van der Waals surface area contributed by atoms with Crippen LogP contribution in [-0.4, -0.2) is 37.8 Å². The maximum atomic E-state index is 12.7. The predicted octanol–water partition coefficient (Wildman–Crippen LogP) is 2.66. The molecule has 2 aliphatic rings. The van der Waals surface area contributed by atoms with Gasteiger partial charge in [0, 0.05) is 31.0 Å². The van der Waals surface area contributed by atoms with Gasteiger partial charge in [-0.1, -0.05) is 17.7 Å². The minimum Gasteiger partial charge on any atom is -0.469 e. The Balaban J connectivity index is 1.30. The zero-order valence-electron chi connectivity index (χ0n) is 15.3. The summed E-state index contributed by atoms with van der Waals surface area (Å²) in [4.78, 5) is 12.8. The molecule has 2 fully saturated rings. The summed E-state index contributed by atoms with van der Waals surface area (Å²) in [5.41, 5.74) is 1.03. The highest BCUT2D eigenvalue weighted by Gasteiger charge is 2.46. The lowest BCUT2D eigenvalue weighted by Gasteiger charge is -2.31. The first-order valence-corrected chi connectivity index (χ1v) is 10.8. The summed E-state index contributed by atoms with van der Waals surface area (Å²) in [5, 5.41) is 3.09. The molecule has 0 radical (unpaired) electrons. The van der Waals surface area contributed by atoms with E-state index in [1.807, 2.05) is 31.2 Å². The quantitative estimate of drug-likeness (QED) is 0.854. The minimum absolute atomic E-state index is 0.0227. The molecule has 1 saturated carbocycles. The van der Waals surface area contributed by atoms with E-state index in [1.165, 1.54) is 4.31 Å². The second-order valence-electron chi connectivity index (χ2n) is 7.46. The Morgan fingerprint density at radius 1 is 1.15 bits per heavy atom. The molecule has 1 N–H and O–H groups in total. The van der Waals surface area contributed by atoms with Crippen LogP contribution in [0.1, 0.15) is 36.5 Å². The van der Waals surface area contributed by atoms with E-state index in [9.17, 15) is 13.2 Å². The minimum atomic E-state index is -3.46. The molecule has 2 heterocycles. The molecular weight excluding hydrogens is 364 g/mol. The van der Waals surface area contributed by atoms with Crippen LogP contribution < -0.4 is 5.32 Å². The van der Waals surface area contributed by atoms with Crippen molar-refractivity contribution in [3.63, 3.8) is 0 Å². The van der Waals surface area contributed by atoms with Crippen molar-refractivity contribution in [2.45, 2.75) is 43.0 Å². The number of aryl methyl sites for hydroxylation is 1. The summed E-state index contributed by atoms with van der Waals surface area (Å²) in [6, 6.07) is 10.7. The number of nitrogens with one attached hydrogen (secondary N) is 1. The van der Waals surface area contributed by atoms with Crippen LogP contribution in [0.15, 0.2) is 52.0 Å². The highest BCUT2D eigenvalue weighted by atomic mass is 32.2. The van der Waals surface area contributed by atoms with Gasteiger partial charge in [0.25, 0.3) is 0 Å². The average molecular weight is 388 g/mol. The van der Waals surface area contributed by atoms with E-state index in [0.29, 0.717) is 30.8 Å².